The second-order valence-electron chi connectivity index (χ2n) is 5.02. The molecule has 0 saturated carbocycles. The molecule has 0 saturated heterocycles. The Hall–Kier alpha value is -2.74. The lowest BCUT2D eigenvalue weighted by atomic mass is 10.2. The van der Waals surface area contributed by atoms with Crippen LogP contribution in [-0.4, -0.2) is 30.5 Å². The molecule has 0 spiro atoms. The highest BCUT2D eigenvalue weighted by Crippen LogP contribution is 2.26. The van der Waals surface area contributed by atoms with Gasteiger partial charge in [0.05, 0.1) is 16.4 Å². The predicted molar refractivity (Wildman–Crippen MR) is 84.7 cm³/mol. The quantitative estimate of drug-likeness (QED) is 0.623. The van der Waals surface area contributed by atoms with Crippen LogP contribution < -0.4 is 0 Å². The standard InChI is InChI=1S/C15H13N3O4S/c1-17-15(11-6-8-13(9-7-11)18(19)20)16-10-12-4-2-3-5-14(12)23(17,21)22/h2-9H,10H2,1H3. The van der Waals surface area contributed by atoms with Gasteiger partial charge in [0.15, 0.2) is 0 Å². The van der Waals surface area contributed by atoms with Gasteiger partial charge in [-0.3, -0.25) is 19.4 Å². The van der Waals surface area contributed by atoms with Crippen LogP contribution in [0.25, 0.3) is 0 Å². The molecule has 8 heteroatoms. The van der Waals surface area contributed by atoms with Crippen molar-refractivity contribution in [2.45, 2.75) is 11.4 Å². The number of hydrogen-bond acceptors (Lipinski definition) is 5. The van der Waals surface area contributed by atoms with E-state index in [0.29, 0.717) is 11.1 Å². The number of nitrogens with zero attached hydrogens (tertiary/aromatic N) is 3. The zero-order valence-electron chi connectivity index (χ0n) is 12.2. The molecule has 1 aliphatic heterocycles. The molecule has 0 fully saturated rings. The summed E-state index contributed by atoms with van der Waals surface area (Å²) in [5, 5.41) is 10.7. The maximum Gasteiger partial charge on any atom is 0.269 e. The van der Waals surface area contributed by atoms with E-state index in [0.717, 1.165) is 4.31 Å². The molecule has 7 nitrogen and oxygen atoms in total. The van der Waals surface area contributed by atoms with Crippen LogP contribution in [0, 0.1) is 10.1 Å². The molecule has 1 heterocycles. The van der Waals surface area contributed by atoms with Crippen molar-refractivity contribution < 1.29 is 13.3 Å². The number of sulfonamides is 1. The largest absolute Gasteiger partial charge is 0.269 e. The van der Waals surface area contributed by atoms with Gasteiger partial charge in [-0.25, -0.2) is 8.42 Å². The van der Waals surface area contributed by atoms with Gasteiger partial charge in [-0.1, -0.05) is 18.2 Å². The van der Waals surface area contributed by atoms with Crippen molar-refractivity contribution in [3.63, 3.8) is 0 Å². The van der Waals surface area contributed by atoms with Crippen LogP contribution in [0.1, 0.15) is 11.1 Å². The Balaban J connectivity index is 2.08. The first-order chi connectivity index (χ1) is 10.9. The molecule has 0 N–H and O–H groups in total. The molecule has 2 aromatic carbocycles. The zero-order chi connectivity index (χ0) is 16.6. The van der Waals surface area contributed by atoms with E-state index in [1.54, 1.807) is 24.3 Å². The minimum atomic E-state index is -3.71. The van der Waals surface area contributed by atoms with E-state index in [1.807, 2.05) is 0 Å². The minimum absolute atomic E-state index is 0.0585. The van der Waals surface area contributed by atoms with Crippen molar-refractivity contribution in [3.05, 3.63) is 69.8 Å². The second-order valence-corrected chi connectivity index (χ2v) is 6.96. The predicted octanol–water partition coefficient (Wildman–Crippen LogP) is 2.18. The lowest BCUT2D eigenvalue weighted by molar-refractivity contribution is -0.384. The molecule has 0 radical (unpaired) electrons. The number of amidine groups is 1. The van der Waals surface area contributed by atoms with Crippen LogP contribution in [-0.2, 0) is 16.6 Å². The number of benzene rings is 2. The average molecular weight is 331 g/mol. The first kappa shape index (κ1) is 15.2. The molecule has 0 unspecified atom stereocenters. The van der Waals surface area contributed by atoms with Gasteiger partial charge in [-0.05, 0) is 23.8 Å². The molecule has 1 aliphatic rings. The number of non-ortho nitro benzene ring substituents is 1. The Kier molecular flexibility index (Phi) is 3.61. The summed E-state index contributed by atoms with van der Waals surface area (Å²) in [5.41, 5.74) is 1.07. The topological polar surface area (TPSA) is 92.9 Å². The maximum absolute atomic E-state index is 12.7. The van der Waals surface area contributed by atoms with Gasteiger partial charge in [0.1, 0.15) is 5.84 Å². The fourth-order valence-electron chi connectivity index (χ4n) is 2.41. The second kappa shape index (κ2) is 5.47. The van der Waals surface area contributed by atoms with Gasteiger partial charge < -0.3 is 0 Å². The minimum Gasteiger partial charge on any atom is -0.262 e. The third-order valence-corrected chi connectivity index (χ3v) is 5.49. The lowest BCUT2D eigenvalue weighted by Crippen LogP contribution is -2.33. The van der Waals surface area contributed by atoms with Crippen molar-refractivity contribution in [3.8, 4) is 0 Å². The number of aliphatic imine (C=N–C) groups is 1. The van der Waals surface area contributed by atoms with Crippen LogP contribution in [0.5, 0.6) is 0 Å². The third-order valence-electron chi connectivity index (χ3n) is 3.64. The zero-order valence-corrected chi connectivity index (χ0v) is 13.0. The van der Waals surface area contributed by atoms with E-state index in [4.69, 9.17) is 0 Å². The Morgan fingerprint density at radius 1 is 1.13 bits per heavy atom. The molecule has 3 rings (SSSR count). The summed E-state index contributed by atoms with van der Waals surface area (Å²) >= 11 is 0. The molecule has 0 atom stereocenters. The third kappa shape index (κ3) is 2.57. The summed E-state index contributed by atoms with van der Waals surface area (Å²) in [6.45, 7) is 0.228. The highest BCUT2D eigenvalue weighted by atomic mass is 32.2. The number of nitro benzene ring substituents is 1. The molecule has 0 amide bonds. The van der Waals surface area contributed by atoms with Crippen LogP contribution in [0.2, 0.25) is 0 Å². The van der Waals surface area contributed by atoms with Gasteiger partial charge in [-0.2, -0.15) is 0 Å². The van der Waals surface area contributed by atoms with E-state index in [2.05, 4.69) is 4.99 Å². The Morgan fingerprint density at radius 3 is 2.43 bits per heavy atom. The lowest BCUT2D eigenvalue weighted by Gasteiger charge is -2.19. The van der Waals surface area contributed by atoms with Gasteiger partial charge >= 0.3 is 0 Å². The molecule has 23 heavy (non-hydrogen) atoms. The summed E-state index contributed by atoms with van der Waals surface area (Å²) in [4.78, 5) is 14.8. The number of nitro groups is 1. The van der Waals surface area contributed by atoms with Gasteiger partial charge in [0.25, 0.3) is 15.7 Å². The molecule has 2 aromatic rings. The number of hydrogen-bond donors (Lipinski definition) is 0. The Morgan fingerprint density at radius 2 is 1.78 bits per heavy atom. The molecule has 118 valence electrons. The van der Waals surface area contributed by atoms with Crippen LogP contribution in [0.3, 0.4) is 0 Å². The van der Waals surface area contributed by atoms with E-state index in [9.17, 15) is 18.5 Å². The normalized spacial score (nSPS) is 16.2. The molecular formula is C15H13N3O4S. The highest BCUT2D eigenvalue weighted by Gasteiger charge is 2.29. The van der Waals surface area contributed by atoms with Crippen molar-refractivity contribution in [1.82, 2.24) is 4.31 Å². The molecule has 0 bridgehead atoms. The maximum atomic E-state index is 12.7. The van der Waals surface area contributed by atoms with E-state index < -0.39 is 14.9 Å². The van der Waals surface area contributed by atoms with Crippen LogP contribution >= 0.6 is 0 Å². The monoisotopic (exact) mass is 331 g/mol. The number of rotatable bonds is 2. The summed E-state index contributed by atoms with van der Waals surface area (Å²) in [6, 6.07) is 12.4. The fraction of sp³-hybridized carbons (Fsp3) is 0.133. The molecular weight excluding hydrogens is 318 g/mol. The number of fused-ring (bicyclic) bond motifs is 1. The fourth-order valence-corrected chi connectivity index (χ4v) is 3.81. The van der Waals surface area contributed by atoms with Gasteiger partial charge in [0.2, 0.25) is 0 Å². The summed E-state index contributed by atoms with van der Waals surface area (Å²) in [7, 11) is -2.28. The van der Waals surface area contributed by atoms with Crippen molar-refractivity contribution in [2.24, 2.45) is 4.99 Å². The van der Waals surface area contributed by atoms with Crippen molar-refractivity contribution in [1.29, 1.82) is 0 Å². The molecule has 0 aromatic heterocycles. The smallest absolute Gasteiger partial charge is 0.262 e. The summed E-state index contributed by atoms with van der Waals surface area (Å²) in [5.74, 6) is 0.260. The Labute approximate surface area is 133 Å². The van der Waals surface area contributed by atoms with Gasteiger partial charge in [-0.15, -0.1) is 0 Å². The summed E-state index contributed by atoms with van der Waals surface area (Å²) < 4.78 is 26.6. The molecule has 0 aliphatic carbocycles. The van der Waals surface area contributed by atoms with E-state index in [1.165, 1.54) is 31.3 Å². The first-order valence-electron chi connectivity index (χ1n) is 6.77. The van der Waals surface area contributed by atoms with Gasteiger partial charge in [0, 0.05) is 24.7 Å². The highest BCUT2D eigenvalue weighted by molar-refractivity contribution is 7.89. The Bertz CT molecular complexity index is 905. The average Bonchev–Trinajstić information content (AvgIpc) is 2.64. The van der Waals surface area contributed by atoms with Crippen LogP contribution in [0.15, 0.2) is 58.4 Å². The summed E-state index contributed by atoms with van der Waals surface area (Å²) in [6.07, 6.45) is 0. The first-order valence-corrected chi connectivity index (χ1v) is 8.21. The van der Waals surface area contributed by atoms with Crippen LogP contribution in [0.4, 0.5) is 5.69 Å². The van der Waals surface area contributed by atoms with E-state index >= 15 is 0 Å². The van der Waals surface area contributed by atoms with E-state index in [-0.39, 0.29) is 23.0 Å². The van der Waals surface area contributed by atoms with Crippen molar-refractivity contribution >= 4 is 21.5 Å². The SMILES string of the molecule is CN1C(c2ccc([N+](=O)[O-])cc2)=NCc2ccccc2S1(=O)=O. The van der Waals surface area contributed by atoms with Crippen molar-refractivity contribution in [2.75, 3.05) is 7.05 Å².